The molecule has 0 unspecified atom stereocenters. The minimum atomic E-state index is -0.425. The summed E-state index contributed by atoms with van der Waals surface area (Å²) in [4.78, 5) is 27.2. The first-order valence-electron chi connectivity index (χ1n) is 8.25. The van der Waals surface area contributed by atoms with E-state index < -0.39 is 4.92 Å². The van der Waals surface area contributed by atoms with Gasteiger partial charge in [-0.2, -0.15) is 0 Å². The van der Waals surface area contributed by atoms with Crippen molar-refractivity contribution in [2.45, 2.75) is 13.3 Å². The van der Waals surface area contributed by atoms with Crippen LogP contribution in [0.3, 0.4) is 0 Å². The van der Waals surface area contributed by atoms with E-state index >= 15 is 0 Å². The molecule has 3 rings (SSSR count). The zero-order chi connectivity index (χ0) is 19.2. The molecule has 1 amide bonds. The number of carbonyl (C=O) groups is 1. The lowest BCUT2D eigenvalue weighted by Gasteiger charge is -1.99. The molecule has 0 radical (unpaired) electrons. The number of aromatic nitrogens is 1. The maximum absolute atomic E-state index is 11.3. The Kier molecular flexibility index (Phi) is 5.73. The van der Waals surface area contributed by atoms with Gasteiger partial charge in [-0.05, 0) is 29.3 Å². The van der Waals surface area contributed by atoms with Crippen LogP contribution < -0.4 is 5.32 Å². The van der Waals surface area contributed by atoms with Crippen molar-refractivity contribution in [1.29, 1.82) is 0 Å². The topological polar surface area (TPSA) is 85.1 Å². The van der Waals surface area contributed by atoms with E-state index in [4.69, 9.17) is 0 Å². The summed E-state index contributed by atoms with van der Waals surface area (Å²) in [6.07, 6.45) is 4.42. The zero-order valence-corrected chi connectivity index (χ0v) is 15.4. The second kappa shape index (κ2) is 8.37. The molecule has 1 heterocycles. The standard InChI is InChI=1S/C20H17N3O3S/c1-14(24)21-20-22-18(19(27-20)13-16-5-3-2-4-6-16)12-9-15-7-10-17(11-8-15)23(25)26/h2-12H,13H2,1H3,(H,21,22,24)/b12-9-. The monoisotopic (exact) mass is 379 g/mol. The molecular weight excluding hydrogens is 362 g/mol. The number of thiazole rings is 1. The van der Waals surface area contributed by atoms with E-state index in [2.05, 4.69) is 10.3 Å². The first-order chi connectivity index (χ1) is 13.0. The summed E-state index contributed by atoms with van der Waals surface area (Å²) in [6.45, 7) is 1.45. The number of rotatable bonds is 6. The van der Waals surface area contributed by atoms with Crippen LogP contribution in [0.4, 0.5) is 10.8 Å². The number of hydrogen-bond acceptors (Lipinski definition) is 5. The van der Waals surface area contributed by atoms with Crippen LogP contribution in [0.15, 0.2) is 54.6 Å². The maximum Gasteiger partial charge on any atom is 0.269 e. The fourth-order valence-corrected chi connectivity index (χ4v) is 3.52. The number of nitro benzene ring substituents is 1. The van der Waals surface area contributed by atoms with E-state index in [0.29, 0.717) is 11.6 Å². The van der Waals surface area contributed by atoms with Crippen molar-refractivity contribution in [1.82, 2.24) is 4.98 Å². The summed E-state index contributed by atoms with van der Waals surface area (Å²) in [5, 5.41) is 14.0. The number of nitrogens with one attached hydrogen (secondary N) is 1. The van der Waals surface area contributed by atoms with Crippen molar-refractivity contribution in [3.63, 3.8) is 0 Å². The number of non-ortho nitro benzene ring substituents is 1. The first-order valence-corrected chi connectivity index (χ1v) is 9.06. The Morgan fingerprint density at radius 1 is 1.15 bits per heavy atom. The molecule has 0 saturated carbocycles. The van der Waals surface area contributed by atoms with Gasteiger partial charge in [-0.25, -0.2) is 4.98 Å². The SMILES string of the molecule is CC(=O)Nc1nc(/C=C\c2ccc([N+](=O)[O-])cc2)c(Cc2ccccc2)s1. The highest BCUT2D eigenvalue weighted by Gasteiger charge is 2.11. The summed E-state index contributed by atoms with van der Waals surface area (Å²) in [7, 11) is 0. The highest BCUT2D eigenvalue weighted by Crippen LogP contribution is 2.27. The highest BCUT2D eigenvalue weighted by atomic mass is 32.1. The largest absolute Gasteiger partial charge is 0.302 e. The molecule has 0 spiro atoms. The molecule has 0 saturated heterocycles. The molecular formula is C20H17N3O3S. The lowest BCUT2D eigenvalue weighted by atomic mass is 10.1. The van der Waals surface area contributed by atoms with Gasteiger partial charge < -0.3 is 5.32 Å². The molecule has 1 N–H and O–H groups in total. The van der Waals surface area contributed by atoms with Crippen LogP contribution in [0, 0.1) is 10.1 Å². The molecule has 6 nitrogen and oxygen atoms in total. The summed E-state index contributed by atoms with van der Waals surface area (Å²) in [5.41, 5.74) is 2.81. The Hall–Kier alpha value is -3.32. The predicted molar refractivity (Wildman–Crippen MR) is 108 cm³/mol. The summed E-state index contributed by atoms with van der Waals surface area (Å²) < 4.78 is 0. The molecule has 0 bridgehead atoms. The first kappa shape index (κ1) is 18.5. The Morgan fingerprint density at radius 3 is 2.48 bits per heavy atom. The number of nitrogens with zero attached hydrogens (tertiary/aromatic N) is 2. The van der Waals surface area contributed by atoms with Gasteiger partial charge in [0, 0.05) is 30.4 Å². The molecule has 0 atom stereocenters. The van der Waals surface area contributed by atoms with Crippen LogP contribution in [-0.4, -0.2) is 15.8 Å². The Morgan fingerprint density at radius 2 is 1.85 bits per heavy atom. The highest BCUT2D eigenvalue weighted by molar-refractivity contribution is 7.16. The van der Waals surface area contributed by atoms with E-state index in [1.54, 1.807) is 12.1 Å². The summed E-state index contributed by atoms with van der Waals surface area (Å²) >= 11 is 1.44. The molecule has 0 fully saturated rings. The zero-order valence-electron chi connectivity index (χ0n) is 14.6. The molecule has 7 heteroatoms. The minimum Gasteiger partial charge on any atom is -0.302 e. The number of benzene rings is 2. The van der Waals surface area contributed by atoms with Gasteiger partial charge in [-0.15, -0.1) is 11.3 Å². The Bertz CT molecular complexity index is 979. The third kappa shape index (κ3) is 5.08. The van der Waals surface area contributed by atoms with Crippen LogP contribution in [0.2, 0.25) is 0 Å². The van der Waals surface area contributed by atoms with E-state index in [1.807, 2.05) is 42.5 Å². The van der Waals surface area contributed by atoms with Crippen molar-refractivity contribution >= 4 is 40.2 Å². The number of hydrogen-bond donors (Lipinski definition) is 1. The smallest absolute Gasteiger partial charge is 0.269 e. The van der Waals surface area contributed by atoms with Gasteiger partial charge in [-0.1, -0.05) is 36.4 Å². The van der Waals surface area contributed by atoms with Crippen LogP contribution in [0.5, 0.6) is 0 Å². The van der Waals surface area contributed by atoms with Gasteiger partial charge in [0.05, 0.1) is 10.6 Å². The van der Waals surface area contributed by atoms with Gasteiger partial charge in [0.2, 0.25) is 5.91 Å². The molecule has 2 aromatic carbocycles. The fourth-order valence-electron chi connectivity index (χ4n) is 2.49. The fraction of sp³-hybridized carbons (Fsp3) is 0.100. The summed E-state index contributed by atoms with van der Waals surface area (Å²) in [5.74, 6) is -0.166. The number of nitro groups is 1. The average Bonchev–Trinajstić information content (AvgIpc) is 3.01. The molecule has 0 aliphatic heterocycles. The van der Waals surface area contributed by atoms with Crippen LogP contribution >= 0.6 is 11.3 Å². The molecule has 136 valence electrons. The molecule has 0 aliphatic carbocycles. The van der Waals surface area contributed by atoms with E-state index in [-0.39, 0.29) is 11.6 Å². The lowest BCUT2D eigenvalue weighted by Crippen LogP contribution is -2.04. The molecule has 27 heavy (non-hydrogen) atoms. The predicted octanol–water partition coefficient (Wildman–Crippen LogP) is 4.77. The van der Waals surface area contributed by atoms with Gasteiger partial charge >= 0.3 is 0 Å². The maximum atomic E-state index is 11.3. The lowest BCUT2D eigenvalue weighted by molar-refractivity contribution is -0.384. The van der Waals surface area contributed by atoms with Crippen LogP contribution in [-0.2, 0) is 11.2 Å². The Balaban J connectivity index is 1.86. The Labute approximate surface area is 160 Å². The van der Waals surface area contributed by atoms with E-state index in [9.17, 15) is 14.9 Å². The van der Waals surface area contributed by atoms with Crippen molar-refractivity contribution in [3.05, 3.63) is 86.4 Å². The van der Waals surface area contributed by atoms with Crippen molar-refractivity contribution in [2.24, 2.45) is 0 Å². The van der Waals surface area contributed by atoms with Gasteiger partial charge in [0.15, 0.2) is 5.13 Å². The molecule has 1 aromatic heterocycles. The normalized spacial score (nSPS) is 10.9. The van der Waals surface area contributed by atoms with Crippen LogP contribution in [0.1, 0.15) is 28.6 Å². The second-order valence-corrected chi connectivity index (χ2v) is 6.94. The molecule has 3 aromatic rings. The van der Waals surface area contributed by atoms with Crippen molar-refractivity contribution in [2.75, 3.05) is 5.32 Å². The average molecular weight is 379 g/mol. The number of carbonyl (C=O) groups excluding carboxylic acids is 1. The number of amides is 1. The van der Waals surface area contributed by atoms with Crippen molar-refractivity contribution < 1.29 is 9.72 Å². The van der Waals surface area contributed by atoms with Gasteiger partial charge in [0.1, 0.15) is 0 Å². The quantitative estimate of drug-likeness (QED) is 0.494. The van der Waals surface area contributed by atoms with Crippen molar-refractivity contribution in [3.8, 4) is 0 Å². The van der Waals surface area contributed by atoms with Gasteiger partial charge in [-0.3, -0.25) is 14.9 Å². The van der Waals surface area contributed by atoms with Gasteiger partial charge in [0.25, 0.3) is 5.69 Å². The third-order valence-electron chi connectivity index (χ3n) is 3.76. The summed E-state index contributed by atoms with van der Waals surface area (Å²) in [6, 6.07) is 16.3. The second-order valence-electron chi connectivity index (χ2n) is 5.85. The molecule has 0 aliphatic rings. The number of anilines is 1. The van der Waals surface area contributed by atoms with E-state index in [0.717, 1.165) is 21.7 Å². The van der Waals surface area contributed by atoms with Crippen LogP contribution in [0.25, 0.3) is 12.2 Å². The minimum absolute atomic E-state index is 0.0542. The third-order valence-corrected chi connectivity index (χ3v) is 4.74. The van der Waals surface area contributed by atoms with E-state index in [1.165, 1.54) is 30.4 Å².